The van der Waals surface area contributed by atoms with E-state index in [-0.39, 0.29) is 17.7 Å². The van der Waals surface area contributed by atoms with Crippen molar-refractivity contribution in [2.75, 3.05) is 13.6 Å². The lowest BCUT2D eigenvalue weighted by molar-refractivity contribution is -0.141. The number of hydrogen-bond acceptors (Lipinski definition) is 4. The molecule has 3 amide bonds. The fraction of sp³-hybridized carbons (Fsp3) is 0.654. The third kappa shape index (κ3) is 9.06. The van der Waals surface area contributed by atoms with Gasteiger partial charge >= 0.3 is 6.09 Å². The van der Waals surface area contributed by atoms with Gasteiger partial charge in [-0.05, 0) is 63.6 Å². The quantitative estimate of drug-likeness (QED) is 0.496. The van der Waals surface area contributed by atoms with Gasteiger partial charge in [-0.3, -0.25) is 9.59 Å². The normalized spacial score (nSPS) is 13.3. The maximum atomic E-state index is 13.5. The first-order valence-corrected chi connectivity index (χ1v) is 11.9. The number of rotatable bonds is 10. The number of carbonyl (C=O) groups is 3. The van der Waals surface area contributed by atoms with Crippen LogP contribution in [0.5, 0.6) is 0 Å². The summed E-state index contributed by atoms with van der Waals surface area (Å²) in [6.45, 7) is 15.7. The number of ether oxygens (including phenoxy) is 1. The maximum Gasteiger partial charge on any atom is 0.408 e. The molecule has 0 bridgehead atoms. The van der Waals surface area contributed by atoms with E-state index in [4.69, 9.17) is 4.74 Å². The van der Waals surface area contributed by atoms with Gasteiger partial charge < -0.3 is 20.3 Å². The summed E-state index contributed by atoms with van der Waals surface area (Å²) in [5, 5.41) is 5.68. The molecule has 2 atom stereocenters. The van der Waals surface area contributed by atoms with E-state index in [9.17, 15) is 14.4 Å². The van der Waals surface area contributed by atoms with Crippen molar-refractivity contribution >= 4 is 17.9 Å². The van der Waals surface area contributed by atoms with Crippen LogP contribution in [0.1, 0.15) is 83.5 Å². The Morgan fingerprint density at radius 2 is 1.70 bits per heavy atom. The second kappa shape index (κ2) is 12.6. The van der Waals surface area contributed by atoms with Gasteiger partial charge in [0.1, 0.15) is 17.7 Å². The molecule has 1 rings (SSSR count). The van der Waals surface area contributed by atoms with E-state index in [1.165, 1.54) is 4.90 Å². The molecular formula is C26H43N3O4. The Kier molecular flexibility index (Phi) is 10.9. The van der Waals surface area contributed by atoms with Crippen LogP contribution in [0.15, 0.2) is 18.2 Å². The van der Waals surface area contributed by atoms with E-state index in [2.05, 4.69) is 17.6 Å². The summed E-state index contributed by atoms with van der Waals surface area (Å²) in [4.78, 5) is 40.6. The van der Waals surface area contributed by atoms with E-state index in [1.54, 1.807) is 27.8 Å². The summed E-state index contributed by atoms with van der Waals surface area (Å²) in [6, 6.07) is 4.15. The molecule has 2 N–H and O–H groups in total. The molecule has 0 saturated heterocycles. The summed E-state index contributed by atoms with van der Waals surface area (Å²) >= 11 is 0. The molecule has 7 nitrogen and oxygen atoms in total. The average molecular weight is 462 g/mol. The number of alkyl carbamates (subject to hydrolysis) is 1. The van der Waals surface area contributed by atoms with Crippen molar-refractivity contribution in [2.45, 2.75) is 92.3 Å². The molecule has 2 unspecified atom stereocenters. The van der Waals surface area contributed by atoms with E-state index in [0.29, 0.717) is 6.54 Å². The van der Waals surface area contributed by atoms with Gasteiger partial charge in [0.2, 0.25) is 11.8 Å². The lowest BCUT2D eigenvalue weighted by Crippen LogP contribution is -2.53. The van der Waals surface area contributed by atoms with Crippen LogP contribution in [-0.4, -0.2) is 48.0 Å². The molecule has 7 heteroatoms. The fourth-order valence-corrected chi connectivity index (χ4v) is 3.46. The van der Waals surface area contributed by atoms with Crippen LogP contribution in [0, 0.1) is 19.8 Å². The van der Waals surface area contributed by atoms with Gasteiger partial charge in [0, 0.05) is 13.6 Å². The summed E-state index contributed by atoms with van der Waals surface area (Å²) in [7, 11) is 1.61. The average Bonchev–Trinajstić information content (AvgIpc) is 2.70. The van der Waals surface area contributed by atoms with Crippen molar-refractivity contribution in [3.8, 4) is 0 Å². The number of nitrogens with zero attached hydrogens (tertiary/aromatic N) is 1. The second-order valence-electron chi connectivity index (χ2n) is 10.1. The lowest BCUT2D eigenvalue weighted by atomic mass is 9.97. The van der Waals surface area contributed by atoms with Gasteiger partial charge in [-0.25, -0.2) is 4.79 Å². The Labute approximate surface area is 199 Å². The second-order valence-corrected chi connectivity index (χ2v) is 10.1. The first-order valence-electron chi connectivity index (χ1n) is 11.9. The van der Waals surface area contributed by atoms with Crippen molar-refractivity contribution in [1.82, 2.24) is 15.5 Å². The van der Waals surface area contributed by atoms with Crippen molar-refractivity contribution in [3.05, 3.63) is 34.9 Å². The minimum atomic E-state index is -0.827. The molecule has 0 aliphatic heterocycles. The highest BCUT2D eigenvalue weighted by molar-refractivity contribution is 5.92. The number of carbonyl (C=O) groups excluding carboxylic acids is 3. The molecule has 0 radical (unpaired) electrons. The standard InChI is InChI=1S/C26H43N3O4/c1-10-11-12-15-27-23(30)22(20-14-13-18(4)19(5)16-20)29(9)24(31)21(17(2)3)28-25(32)33-26(6,7)8/h13-14,16-17,21-22H,10-12,15H2,1-9H3,(H,27,30)(H,28,32). The molecule has 1 aromatic rings. The molecule has 0 aromatic heterocycles. The number of likely N-dealkylation sites (N-methyl/N-ethyl adjacent to an activating group) is 1. The van der Waals surface area contributed by atoms with Crippen molar-refractivity contribution in [3.63, 3.8) is 0 Å². The van der Waals surface area contributed by atoms with Gasteiger partial charge in [0.15, 0.2) is 0 Å². The van der Waals surface area contributed by atoms with Crippen molar-refractivity contribution in [2.24, 2.45) is 5.92 Å². The number of benzene rings is 1. The highest BCUT2D eigenvalue weighted by Crippen LogP contribution is 2.24. The molecule has 0 aliphatic rings. The zero-order valence-electron chi connectivity index (χ0n) is 21.9. The smallest absolute Gasteiger partial charge is 0.408 e. The molecule has 33 heavy (non-hydrogen) atoms. The van der Waals surface area contributed by atoms with Crippen LogP contribution < -0.4 is 10.6 Å². The van der Waals surface area contributed by atoms with E-state index < -0.39 is 23.8 Å². The molecule has 186 valence electrons. The van der Waals surface area contributed by atoms with Crippen LogP contribution in [0.25, 0.3) is 0 Å². The predicted molar refractivity (Wildman–Crippen MR) is 132 cm³/mol. The highest BCUT2D eigenvalue weighted by atomic mass is 16.6. The van der Waals surface area contributed by atoms with Gasteiger partial charge in [0.05, 0.1) is 0 Å². The predicted octanol–water partition coefficient (Wildman–Crippen LogP) is 4.66. The molecule has 0 spiro atoms. The monoisotopic (exact) mass is 461 g/mol. The van der Waals surface area contributed by atoms with Gasteiger partial charge in [0.25, 0.3) is 0 Å². The lowest BCUT2D eigenvalue weighted by Gasteiger charge is -2.33. The van der Waals surface area contributed by atoms with E-state index >= 15 is 0 Å². The Morgan fingerprint density at radius 1 is 1.06 bits per heavy atom. The zero-order chi connectivity index (χ0) is 25.3. The molecular weight excluding hydrogens is 418 g/mol. The van der Waals surface area contributed by atoms with Crippen LogP contribution in [0.3, 0.4) is 0 Å². The molecule has 0 heterocycles. The minimum absolute atomic E-state index is 0.194. The Bertz CT molecular complexity index is 814. The summed E-state index contributed by atoms with van der Waals surface area (Å²) in [5.41, 5.74) is 2.22. The largest absolute Gasteiger partial charge is 0.444 e. The van der Waals surface area contributed by atoms with Crippen LogP contribution in [-0.2, 0) is 14.3 Å². The Morgan fingerprint density at radius 3 is 2.21 bits per heavy atom. The maximum absolute atomic E-state index is 13.5. The summed E-state index contributed by atoms with van der Waals surface area (Å²) in [6.07, 6.45) is 2.31. The molecule has 1 aromatic carbocycles. The van der Waals surface area contributed by atoms with Crippen molar-refractivity contribution < 1.29 is 19.1 Å². The van der Waals surface area contributed by atoms with Gasteiger partial charge in [-0.1, -0.05) is 51.8 Å². The third-order valence-corrected chi connectivity index (χ3v) is 5.51. The van der Waals surface area contributed by atoms with Gasteiger partial charge in [-0.15, -0.1) is 0 Å². The highest BCUT2D eigenvalue weighted by Gasteiger charge is 2.35. The number of aryl methyl sites for hydroxylation is 2. The topological polar surface area (TPSA) is 87.7 Å². The fourth-order valence-electron chi connectivity index (χ4n) is 3.46. The number of unbranched alkanes of at least 4 members (excludes halogenated alkanes) is 2. The minimum Gasteiger partial charge on any atom is -0.444 e. The summed E-state index contributed by atoms with van der Waals surface area (Å²) < 4.78 is 5.35. The van der Waals surface area contributed by atoms with Crippen LogP contribution >= 0.6 is 0 Å². The van der Waals surface area contributed by atoms with Gasteiger partial charge in [-0.2, -0.15) is 0 Å². The van der Waals surface area contributed by atoms with Crippen molar-refractivity contribution in [1.29, 1.82) is 0 Å². The number of nitrogens with one attached hydrogen (secondary N) is 2. The molecule has 0 aliphatic carbocycles. The third-order valence-electron chi connectivity index (χ3n) is 5.51. The summed E-state index contributed by atoms with van der Waals surface area (Å²) in [5.74, 6) is -0.770. The Balaban J connectivity index is 3.20. The van der Waals surface area contributed by atoms with Crippen LogP contribution in [0.4, 0.5) is 4.79 Å². The molecule has 0 saturated carbocycles. The molecule has 0 fully saturated rings. The van der Waals surface area contributed by atoms with E-state index in [0.717, 1.165) is 36.0 Å². The zero-order valence-corrected chi connectivity index (χ0v) is 21.9. The first kappa shape index (κ1) is 28.5. The Hall–Kier alpha value is -2.57. The first-order chi connectivity index (χ1) is 15.3. The SMILES string of the molecule is CCCCCNC(=O)C(c1ccc(C)c(C)c1)N(C)C(=O)C(NC(=O)OC(C)(C)C)C(C)C. The number of hydrogen-bond donors (Lipinski definition) is 2. The number of amides is 3. The van der Waals surface area contributed by atoms with Crippen LogP contribution in [0.2, 0.25) is 0 Å². The van der Waals surface area contributed by atoms with E-state index in [1.807, 2.05) is 45.9 Å².